The van der Waals surface area contributed by atoms with E-state index in [2.05, 4.69) is 42.2 Å². The first kappa shape index (κ1) is 14.2. The van der Waals surface area contributed by atoms with Gasteiger partial charge in [0.25, 0.3) is 5.91 Å². The first-order valence-electron chi connectivity index (χ1n) is 5.75. The highest BCUT2D eigenvalue weighted by Crippen LogP contribution is 2.18. The van der Waals surface area contributed by atoms with Crippen molar-refractivity contribution >= 4 is 37.8 Å². The fourth-order valence-electron chi connectivity index (χ4n) is 1.65. The SMILES string of the molecule is C[C@H](NC(=O)c1ncccc1Br)c1ccc(Br)cc1. The molecule has 0 aliphatic heterocycles. The summed E-state index contributed by atoms with van der Waals surface area (Å²) in [6, 6.07) is 11.4. The van der Waals surface area contributed by atoms with E-state index in [0.717, 1.165) is 10.0 Å². The fraction of sp³-hybridized carbons (Fsp3) is 0.143. The lowest BCUT2D eigenvalue weighted by Crippen LogP contribution is -2.27. The summed E-state index contributed by atoms with van der Waals surface area (Å²) in [6.07, 6.45) is 1.60. The molecule has 98 valence electrons. The Kier molecular flexibility index (Phi) is 4.71. The van der Waals surface area contributed by atoms with E-state index in [9.17, 15) is 4.79 Å². The van der Waals surface area contributed by atoms with Crippen LogP contribution >= 0.6 is 31.9 Å². The van der Waals surface area contributed by atoms with Gasteiger partial charge in [0, 0.05) is 15.1 Å². The van der Waals surface area contributed by atoms with Crippen LogP contribution in [0.5, 0.6) is 0 Å². The maximum atomic E-state index is 12.1. The molecule has 0 spiro atoms. The Morgan fingerprint density at radius 3 is 2.53 bits per heavy atom. The van der Waals surface area contributed by atoms with Crippen LogP contribution in [0.3, 0.4) is 0 Å². The van der Waals surface area contributed by atoms with Gasteiger partial charge in [-0.05, 0) is 52.7 Å². The zero-order valence-corrected chi connectivity index (χ0v) is 13.4. The molecule has 0 unspecified atom stereocenters. The van der Waals surface area contributed by atoms with Gasteiger partial charge in [0.05, 0.1) is 6.04 Å². The fourth-order valence-corrected chi connectivity index (χ4v) is 2.35. The highest BCUT2D eigenvalue weighted by molar-refractivity contribution is 9.10. The lowest BCUT2D eigenvalue weighted by molar-refractivity contribution is 0.0934. The molecule has 0 aliphatic carbocycles. The Morgan fingerprint density at radius 2 is 1.89 bits per heavy atom. The lowest BCUT2D eigenvalue weighted by Gasteiger charge is -2.14. The van der Waals surface area contributed by atoms with Crippen molar-refractivity contribution in [3.05, 3.63) is 62.8 Å². The van der Waals surface area contributed by atoms with Gasteiger partial charge in [-0.1, -0.05) is 28.1 Å². The molecule has 1 aromatic heterocycles. The number of hydrogen-bond donors (Lipinski definition) is 1. The molecule has 0 aliphatic rings. The molecule has 1 amide bonds. The summed E-state index contributed by atoms with van der Waals surface area (Å²) in [6.45, 7) is 1.94. The number of carbonyl (C=O) groups is 1. The standard InChI is InChI=1S/C14H12Br2N2O/c1-9(10-4-6-11(15)7-5-10)18-14(19)13-12(16)3-2-8-17-13/h2-9H,1H3,(H,18,19)/t9-/m0/s1. The first-order chi connectivity index (χ1) is 9.08. The number of halogens is 2. The Bertz CT molecular complexity index is 584. The monoisotopic (exact) mass is 382 g/mol. The van der Waals surface area contributed by atoms with E-state index in [1.54, 1.807) is 18.3 Å². The maximum Gasteiger partial charge on any atom is 0.271 e. The molecule has 5 heteroatoms. The molecule has 1 heterocycles. The Hall–Kier alpha value is -1.20. The van der Waals surface area contributed by atoms with Crippen LogP contribution in [0.4, 0.5) is 0 Å². The van der Waals surface area contributed by atoms with Gasteiger partial charge in [-0.15, -0.1) is 0 Å². The summed E-state index contributed by atoms with van der Waals surface area (Å²) in [5, 5.41) is 2.93. The van der Waals surface area contributed by atoms with Crippen molar-refractivity contribution < 1.29 is 4.79 Å². The van der Waals surface area contributed by atoms with Gasteiger partial charge in [0.1, 0.15) is 5.69 Å². The third-order valence-corrected chi connectivity index (χ3v) is 3.86. The number of pyridine rings is 1. The van der Waals surface area contributed by atoms with Gasteiger partial charge in [-0.2, -0.15) is 0 Å². The summed E-state index contributed by atoms with van der Waals surface area (Å²) in [7, 11) is 0. The molecule has 0 fully saturated rings. The van der Waals surface area contributed by atoms with E-state index in [1.807, 2.05) is 31.2 Å². The topological polar surface area (TPSA) is 42.0 Å². The Morgan fingerprint density at radius 1 is 1.21 bits per heavy atom. The van der Waals surface area contributed by atoms with Gasteiger partial charge >= 0.3 is 0 Å². The second kappa shape index (κ2) is 6.30. The van der Waals surface area contributed by atoms with Crippen molar-refractivity contribution in [1.29, 1.82) is 0 Å². The molecule has 2 aromatic rings. The molecule has 1 aromatic carbocycles. The first-order valence-corrected chi connectivity index (χ1v) is 7.33. The minimum absolute atomic E-state index is 0.0745. The molecule has 1 atom stereocenters. The van der Waals surface area contributed by atoms with Crippen LogP contribution in [0.2, 0.25) is 0 Å². The van der Waals surface area contributed by atoms with Crippen molar-refractivity contribution in [1.82, 2.24) is 10.3 Å². The van der Waals surface area contributed by atoms with Crippen LogP contribution < -0.4 is 5.32 Å². The predicted molar refractivity (Wildman–Crippen MR) is 82.0 cm³/mol. The van der Waals surface area contributed by atoms with Gasteiger partial charge in [0.2, 0.25) is 0 Å². The Labute approximate surface area is 128 Å². The van der Waals surface area contributed by atoms with E-state index in [0.29, 0.717) is 10.2 Å². The van der Waals surface area contributed by atoms with Gasteiger partial charge in [-0.25, -0.2) is 4.98 Å². The van der Waals surface area contributed by atoms with Crippen molar-refractivity contribution in [2.45, 2.75) is 13.0 Å². The summed E-state index contributed by atoms with van der Waals surface area (Å²) in [5.41, 5.74) is 1.44. The van der Waals surface area contributed by atoms with E-state index >= 15 is 0 Å². The second-order valence-electron chi connectivity index (χ2n) is 4.08. The normalized spacial score (nSPS) is 11.9. The van der Waals surface area contributed by atoms with Crippen molar-refractivity contribution in [2.24, 2.45) is 0 Å². The van der Waals surface area contributed by atoms with Gasteiger partial charge < -0.3 is 5.32 Å². The summed E-state index contributed by atoms with van der Waals surface area (Å²) in [5.74, 6) is -0.192. The molecule has 0 saturated heterocycles. The number of nitrogens with one attached hydrogen (secondary N) is 1. The van der Waals surface area contributed by atoms with E-state index in [-0.39, 0.29) is 11.9 Å². The number of carbonyl (C=O) groups excluding carboxylic acids is 1. The average Bonchev–Trinajstić information content (AvgIpc) is 2.39. The minimum Gasteiger partial charge on any atom is -0.344 e. The number of benzene rings is 1. The quantitative estimate of drug-likeness (QED) is 0.866. The molecule has 2 rings (SSSR count). The molecule has 0 bridgehead atoms. The molecule has 1 N–H and O–H groups in total. The molecular formula is C14H12Br2N2O. The van der Waals surface area contributed by atoms with E-state index < -0.39 is 0 Å². The van der Waals surface area contributed by atoms with Crippen molar-refractivity contribution in [2.75, 3.05) is 0 Å². The zero-order chi connectivity index (χ0) is 13.8. The molecular weight excluding hydrogens is 372 g/mol. The van der Waals surface area contributed by atoms with Gasteiger partial charge in [-0.3, -0.25) is 4.79 Å². The highest BCUT2D eigenvalue weighted by atomic mass is 79.9. The summed E-state index contributed by atoms with van der Waals surface area (Å²) in [4.78, 5) is 16.2. The molecule has 0 radical (unpaired) electrons. The van der Waals surface area contributed by atoms with E-state index in [1.165, 1.54) is 0 Å². The third-order valence-electron chi connectivity index (χ3n) is 2.69. The molecule has 19 heavy (non-hydrogen) atoms. The number of nitrogens with zero attached hydrogens (tertiary/aromatic N) is 1. The highest BCUT2D eigenvalue weighted by Gasteiger charge is 2.14. The summed E-state index contributed by atoms with van der Waals surface area (Å²) >= 11 is 6.71. The average molecular weight is 384 g/mol. The van der Waals surface area contributed by atoms with Crippen LogP contribution in [0.1, 0.15) is 29.0 Å². The van der Waals surface area contributed by atoms with Gasteiger partial charge in [0.15, 0.2) is 0 Å². The van der Waals surface area contributed by atoms with Crippen LogP contribution in [-0.2, 0) is 0 Å². The van der Waals surface area contributed by atoms with E-state index in [4.69, 9.17) is 0 Å². The molecule has 3 nitrogen and oxygen atoms in total. The second-order valence-corrected chi connectivity index (χ2v) is 5.85. The maximum absolute atomic E-state index is 12.1. The number of hydrogen-bond acceptors (Lipinski definition) is 2. The largest absolute Gasteiger partial charge is 0.344 e. The molecule has 0 saturated carbocycles. The lowest BCUT2D eigenvalue weighted by atomic mass is 10.1. The number of rotatable bonds is 3. The van der Waals surface area contributed by atoms with Crippen molar-refractivity contribution in [3.63, 3.8) is 0 Å². The number of amides is 1. The van der Waals surface area contributed by atoms with Crippen LogP contribution in [0.25, 0.3) is 0 Å². The zero-order valence-electron chi connectivity index (χ0n) is 10.2. The summed E-state index contributed by atoms with van der Waals surface area (Å²) < 4.78 is 1.71. The van der Waals surface area contributed by atoms with Crippen molar-refractivity contribution in [3.8, 4) is 0 Å². The smallest absolute Gasteiger partial charge is 0.271 e. The van der Waals surface area contributed by atoms with Crippen LogP contribution in [0.15, 0.2) is 51.5 Å². The third kappa shape index (κ3) is 3.64. The van der Waals surface area contributed by atoms with Crippen LogP contribution in [0, 0.1) is 0 Å². The Balaban J connectivity index is 2.11. The minimum atomic E-state index is -0.192. The van der Waals surface area contributed by atoms with Crippen LogP contribution in [-0.4, -0.2) is 10.9 Å². The predicted octanol–water partition coefficient (Wildman–Crippen LogP) is 4.10. The number of aromatic nitrogens is 1.